The highest BCUT2D eigenvalue weighted by Gasteiger charge is 2.07. The Balaban J connectivity index is 1.93. The molecule has 0 spiro atoms. The van der Waals surface area contributed by atoms with Crippen LogP contribution in [0.2, 0.25) is 0 Å². The van der Waals surface area contributed by atoms with Crippen molar-refractivity contribution in [3.8, 4) is 5.75 Å². The highest BCUT2D eigenvalue weighted by molar-refractivity contribution is 5.28. The molecule has 0 amide bonds. The summed E-state index contributed by atoms with van der Waals surface area (Å²) in [6.07, 6.45) is 4.96. The summed E-state index contributed by atoms with van der Waals surface area (Å²) in [5, 5.41) is 3.54. The third-order valence-electron chi connectivity index (χ3n) is 3.47. The van der Waals surface area contributed by atoms with Crippen LogP contribution >= 0.6 is 0 Å². The molecule has 4 nitrogen and oxygen atoms in total. The van der Waals surface area contributed by atoms with Crippen molar-refractivity contribution >= 4 is 0 Å². The average Bonchev–Trinajstić information content (AvgIpc) is 2.92. The van der Waals surface area contributed by atoms with E-state index in [1.54, 1.807) is 7.11 Å². The van der Waals surface area contributed by atoms with Gasteiger partial charge in [-0.05, 0) is 31.0 Å². The number of nitrogens with one attached hydrogen (secondary N) is 1. The van der Waals surface area contributed by atoms with E-state index < -0.39 is 0 Å². The maximum absolute atomic E-state index is 5.18. The molecule has 0 saturated carbocycles. The molecule has 2 rings (SSSR count). The summed E-state index contributed by atoms with van der Waals surface area (Å²) in [6.45, 7) is 6.20. The van der Waals surface area contributed by atoms with Gasteiger partial charge < -0.3 is 14.6 Å². The van der Waals surface area contributed by atoms with Crippen LogP contribution in [0.4, 0.5) is 0 Å². The van der Waals surface area contributed by atoms with Crippen molar-refractivity contribution in [3.63, 3.8) is 0 Å². The summed E-state index contributed by atoms with van der Waals surface area (Å²) in [5.41, 5.74) is 2.49. The summed E-state index contributed by atoms with van der Waals surface area (Å²) in [4.78, 5) is 4.22. The van der Waals surface area contributed by atoms with Gasteiger partial charge in [-0.25, -0.2) is 4.98 Å². The summed E-state index contributed by atoms with van der Waals surface area (Å²) in [6, 6.07) is 8.48. The first-order valence-corrected chi connectivity index (χ1v) is 7.11. The SMILES string of the molecule is CCCn1cncc1CN[C@@H](C)c1ccc(OC)cc1. The van der Waals surface area contributed by atoms with Gasteiger partial charge in [0.05, 0.1) is 19.1 Å². The highest BCUT2D eigenvalue weighted by atomic mass is 16.5. The summed E-state index contributed by atoms with van der Waals surface area (Å²) >= 11 is 0. The zero-order chi connectivity index (χ0) is 14.4. The quantitative estimate of drug-likeness (QED) is 0.842. The van der Waals surface area contributed by atoms with E-state index in [0.717, 1.165) is 25.3 Å². The largest absolute Gasteiger partial charge is 0.497 e. The number of benzene rings is 1. The maximum Gasteiger partial charge on any atom is 0.118 e. The van der Waals surface area contributed by atoms with Gasteiger partial charge >= 0.3 is 0 Å². The molecule has 108 valence electrons. The first-order chi connectivity index (χ1) is 9.74. The lowest BCUT2D eigenvalue weighted by Gasteiger charge is -2.15. The molecule has 0 saturated heterocycles. The molecule has 1 aromatic heterocycles. The minimum absolute atomic E-state index is 0.297. The molecule has 1 heterocycles. The smallest absolute Gasteiger partial charge is 0.118 e. The molecule has 0 radical (unpaired) electrons. The molecule has 4 heteroatoms. The van der Waals surface area contributed by atoms with Crippen LogP contribution in [0, 0.1) is 0 Å². The normalized spacial score (nSPS) is 12.3. The second kappa shape index (κ2) is 7.10. The molecule has 1 N–H and O–H groups in total. The molecule has 0 aliphatic rings. The molecule has 0 unspecified atom stereocenters. The second-order valence-corrected chi connectivity index (χ2v) is 4.95. The number of imidazole rings is 1. The predicted octanol–water partition coefficient (Wildman–Crippen LogP) is 3.15. The van der Waals surface area contributed by atoms with Crippen LogP contribution in [0.25, 0.3) is 0 Å². The Hall–Kier alpha value is -1.81. The molecule has 0 aliphatic carbocycles. The van der Waals surface area contributed by atoms with Gasteiger partial charge in [-0.15, -0.1) is 0 Å². The number of ether oxygens (including phenoxy) is 1. The zero-order valence-electron chi connectivity index (χ0n) is 12.5. The van der Waals surface area contributed by atoms with Gasteiger partial charge in [-0.2, -0.15) is 0 Å². The Morgan fingerprint density at radius 3 is 2.70 bits per heavy atom. The highest BCUT2D eigenvalue weighted by Crippen LogP contribution is 2.17. The minimum Gasteiger partial charge on any atom is -0.497 e. The van der Waals surface area contributed by atoms with E-state index in [-0.39, 0.29) is 0 Å². The van der Waals surface area contributed by atoms with Crippen molar-refractivity contribution in [2.75, 3.05) is 7.11 Å². The Bertz CT molecular complexity index is 519. The van der Waals surface area contributed by atoms with Crippen LogP contribution in [0.5, 0.6) is 5.75 Å². The van der Waals surface area contributed by atoms with Crippen molar-refractivity contribution in [1.29, 1.82) is 0 Å². The minimum atomic E-state index is 0.297. The number of aryl methyl sites for hydroxylation is 1. The van der Waals surface area contributed by atoms with Crippen LogP contribution in [0.3, 0.4) is 0 Å². The third-order valence-corrected chi connectivity index (χ3v) is 3.47. The van der Waals surface area contributed by atoms with Crippen LogP contribution in [-0.4, -0.2) is 16.7 Å². The van der Waals surface area contributed by atoms with Crippen LogP contribution < -0.4 is 10.1 Å². The van der Waals surface area contributed by atoms with Crippen molar-refractivity contribution in [2.24, 2.45) is 0 Å². The van der Waals surface area contributed by atoms with Gasteiger partial charge in [0, 0.05) is 25.3 Å². The Kier molecular flexibility index (Phi) is 5.18. The number of hydrogen-bond donors (Lipinski definition) is 1. The van der Waals surface area contributed by atoms with E-state index in [4.69, 9.17) is 4.74 Å². The molecule has 1 aromatic carbocycles. The van der Waals surface area contributed by atoms with E-state index in [9.17, 15) is 0 Å². The fourth-order valence-electron chi connectivity index (χ4n) is 2.21. The number of rotatable bonds is 7. The summed E-state index contributed by atoms with van der Waals surface area (Å²) < 4.78 is 7.38. The zero-order valence-corrected chi connectivity index (χ0v) is 12.5. The van der Waals surface area contributed by atoms with Crippen molar-refractivity contribution in [1.82, 2.24) is 14.9 Å². The molecular weight excluding hydrogens is 250 g/mol. The molecular formula is C16H23N3O. The Morgan fingerprint density at radius 1 is 1.30 bits per heavy atom. The van der Waals surface area contributed by atoms with Gasteiger partial charge in [0.15, 0.2) is 0 Å². The van der Waals surface area contributed by atoms with Crippen LogP contribution in [0.1, 0.15) is 37.6 Å². The lowest BCUT2D eigenvalue weighted by molar-refractivity contribution is 0.414. The molecule has 20 heavy (non-hydrogen) atoms. The predicted molar refractivity (Wildman–Crippen MR) is 80.8 cm³/mol. The summed E-state index contributed by atoms with van der Waals surface area (Å²) in [7, 11) is 1.69. The maximum atomic E-state index is 5.18. The van der Waals surface area contributed by atoms with Crippen molar-refractivity contribution < 1.29 is 4.74 Å². The van der Waals surface area contributed by atoms with E-state index >= 15 is 0 Å². The first kappa shape index (κ1) is 14.6. The molecule has 1 atom stereocenters. The topological polar surface area (TPSA) is 39.1 Å². The Morgan fingerprint density at radius 2 is 2.05 bits per heavy atom. The monoisotopic (exact) mass is 273 g/mol. The standard InChI is InChI=1S/C16H23N3O/c1-4-9-19-12-17-10-15(19)11-18-13(2)14-5-7-16(20-3)8-6-14/h5-8,10,12-13,18H,4,9,11H2,1-3H3/t13-/m0/s1. The number of nitrogens with zero attached hydrogens (tertiary/aromatic N) is 2. The fourth-order valence-corrected chi connectivity index (χ4v) is 2.21. The fraction of sp³-hybridized carbons (Fsp3) is 0.438. The van der Waals surface area contributed by atoms with Gasteiger partial charge in [-0.1, -0.05) is 19.1 Å². The molecule has 0 bridgehead atoms. The number of methoxy groups -OCH3 is 1. The van der Waals surface area contributed by atoms with E-state index in [0.29, 0.717) is 6.04 Å². The van der Waals surface area contributed by atoms with Crippen LogP contribution in [0.15, 0.2) is 36.8 Å². The lowest BCUT2D eigenvalue weighted by atomic mass is 10.1. The van der Waals surface area contributed by atoms with Gasteiger partial charge in [-0.3, -0.25) is 0 Å². The lowest BCUT2D eigenvalue weighted by Crippen LogP contribution is -2.20. The number of aromatic nitrogens is 2. The third kappa shape index (κ3) is 3.61. The van der Waals surface area contributed by atoms with Crippen LogP contribution in [-0.2, 0) is 13.1 Å². The van der Waals surface area contributed by atoms with Gasteiger partial charge in [0.25, 0.3) is 0 Å². The summed E-state index contributed by atoms with van der Waals surface area (Å²) in [5.74, 6) is 0.891. The van der Waals surface area contributed by atoms with Crippen molar-refractivity contribution in [2.45, 2.75) is 39.4 Å². The van der Waals surface area contributed by atoms with E-state index in [2.05, 4.69) is 40.8 Å². The number of hydrogen-bond acceptors (Lipinski definition) is 3. The van der Waals surface area contributed by atoms with Gasteiger partial charge in [0.1, 0.15) is 5.75 Å². The van der Waals surface area contributed by atoms with E-state index in [1.165, 1.54) is 11.3 Å². The van der Waals surface area contributed by atoms with E-state index in [1.807, 2.05) is 24.7 Å². The second-order valence-electron chi connectivity index (χ2n) is 4.95. The first-order valence-electron chi connectivity index (χ1n) is 7.11. The van der Waals surface area contributed by atoms with Gasteiger partial charge in [0.2, 0.25) is 0 Å². The molecule has 0 fully saturated rings. The molecule has 2 aromatic rings. The average molecular weight is 273 g/mol. The van der Waals surface area contributed by atoms with Crippen molar-refractivity contribution in [3.05, 3.63) is 48.0 Å². The Labute approximate surface area is 120 Å². The molecule has 0 aliphatic heterocycles.